The average Bonchev–Trinajstić information content (AvgIpc) is 3.32. The summed E-state index contributed by atoms with van der Waals surface area (Å²) in [5, 5.41) is 0. The highest BCUT2D eigenvalue weighted by molar-refractivity contribution is 6.23. The van der Waals surface area contributed by atoms with Crippen molar-refractivity contribution in [2.24, 2.45) is 11.8 Å². The molecule has 0 aromatic heterocycles. The summed E-state index contributed by atoms with van der Waals surface area (Å²) in [5.74, 6) is -4.05. The van der Waals surface area contributed by atoms with Gasteiger partial charge >= 0.3 is 11.9 Å². The number of esters is 2. The lowest BCUT2D eigenvalue weighted by Gasteiger charge is -2.34. The number of hydrogen-bond acceptors (Lipinski definition) is 8. The highest BCUT2D eigenvalue weighted by Crippen LogP contribution is 2.54. The Balaban J connectivity index is 1.71. The number of carbonyl (C=O) groups is 4. The molecule has 2 amide bonds. The number of amides is 2. The van der Waals surface area contributed by atoms with E-state index in [9.17, 15) is 19.2 Å². The summed E-state index contributed by atoms with van der Waals surface area (Å²) in [7, 11) is 3.78. The van der Waals surface area contributed by atoms with E-state index in [1.165, 1.54) is 0 Å². The number of nitrogens with zero attached hydrogens (tertiary/aromatic N) is 2. The van der Waals surface area contributed by atoms with Crippen LogP contribution in [-0.4, -0.2) is 55.8 Å². The Hall–Kier alpha value is -3.20. The summed E-state index contributed by atoms with van der Waals surface area (Å²) in [6, 6.07) is 7.02. The van der Waals surface area contributed by atoms with E-state index in [4.69, 9.17) is 14.2 Å². The molecule has 0 N–H and O–H groups in total. The van der Waals surface area contributed by atoms with E-state index < -0.39 is 53.6 Å². The van der Waals surface area contributed by atoms with E-state index in [1.807, 2.05) is 31.1 Å². The number of anilines is 2. The van der Waals surface area contributed by atoms with Crippen LogP contribution in [0.4, 0.5) is 11.4 Å². The lowest BCUT2D eigenvalue weighted by molar-refractivity contribution is -0.226. The highest BCUT2D eigenvalue weighted by atomic mass is 16.7. The molecule has 3 aliphatic heterocycles. The zero-order chi connectivity index (χ0) is 21.8. The molecule has 3 aliphatic rings. The van der Waals surface area contributed by atoms with Gasteiger partial charge in [-0.15, -0.1) is 0 Å². The molecule has 2 saturated heterocycles. The van der Waals surface area contributed by atoms with Gasteiger partial charge in [-0.2, -0.15) is 0 Å². The second-order valence-corrected chi connectivity index (χ2v) is 7.77. The number of imide groups is 1. The van der Waals surface area contributed by atoms with Crippen molar-refractivity contribution < 1.29 is 33.4 Å². The number of fused-ring (bicyclic) bond motifs is 5. The fourth-order valence-electron chi connectivity index (χ4n) is 4.37. The maximum atomic E-state index is 13.4. The molecule has 1 aromatic carbocycles. The van der Waals surface area contributed by atoms with Crippen LogP contribution in [0.3, 0.4) is 0 Å². The molecule has 158 valence electrons. The van der Waals surface area contributed by atoms with Crippen molar-refractivity contribution in [3.63, 3.8) is 0 Å². The number of hydrogen-bond donors (Lipinski definition) is 0. The van der Waals surface area contributed by atoms with Crippen LogP contribution >= 0.6 is 0 Å². The molecule has 0 spiro atoms. The number of rotatable bonds is 5. The van der Waals surface area contributed by atoms with Gasteiger partial charge in [0.15, 0.2) is 5.60 Å². The molecule has 0 radical (unpaired) electrons. The fraction of sp³-hybridized carbons (Fsp3) is 0.429. The van der Waals surface area contributed by atoms with Crippen molar-refractivity contribution in [1.82, 2.24) is 0 Å². The Labute approximate surface area is 173 Å². The number of ether oxygens (including phenoxy) is 3. The van der Waals surface area contributed by atoms with Gasteiger partial charge < -0.3 is 19.1 Å². The molecule has 9 heteroatoms. The summed E-state index contributed by atoms with van der Waals surface area (Å²) < 4.78 is 16.3. The first kappa shape index (κ1) is 20.1. The van der Waals surface area contributed by atoms with Crippen LogP contribution in [-0.2, 0) is 33.4 Å². The summed E-state index contributed by atoms with van der Waals surface area (Å²) >= 11 is 0. The van der Waals surface area contributed by atoms with Gasteiger partial charge in [-0.25, -0.2) is 4.90 Å². The molecule has 30 heavy (non-hydrogen) atoms. The van der Waals surface area contributed by atoms with Crippen LogP contribution in [0.1, 0.15) is 13.8 Å². The third kappa shape index (κ3) is 2.88. The summed E-state index contributed by atoms with van der Waals surface area (Å²) in [6.45, 7) is 2.33. The third-order valence-corrected chi connectivity index (χ3v) is 5.62. The van der Waals surface area contributed by atoms with Gasteiger partial charge in [0.05, 0.1) is 23.6 Å². The standard InChI is InChI=1S/C21H22N2O7/c1-11(24)28-20(29-12(2)25)21-10-9-15(30-21)16-17(21)19(27)23(18(16)26)14-7-5-13(6-8-14)22(3)4/h5-10,15-17,20H,1-4H3/t15-,16+,17-,21+/m1/s1. The molecule has 0 aliphatic carbocycles. The molecule has 2 bridgehead atoms. The molecule has 2 fully saturated rings. The molecule has 4 rings (SSSR count). The quantitative estimate of drug-likeness (QED) is 0.305. The maximum Gasteiger partial charge on any atom is 0.305 e. The van der Waals surface area contributed by atoms with E-state index >= 15 is 0 Å². The van der Waals surface area contributed by atoms with Crippen molar-refractivity contribution in [3.05, 3.63) is 36.4 Å². The largest absolute Gasteiger partial charge is 0.422 e. The zero-order valence-corrected chi connectivity index (χ0v) is 17.0. The molecular weight excluding hydrogens is 392 g/mol. The Kier molecular flexibility index (Phi) is 4.65. The Morgan fingerprint density at radius 2 is 1.67 bits per heavy atom. The van der Waals surface area contributed by atoms with Gasteiger partial charge in [-0.3, -0.25) is 19.2 Å². The molecule has 3 heterocycles. The Morgan fingerprint density at radius 3 is 2.20 bits per heavy atom. The van der Waals surface area contributed by atoms with Crippen LogP contribution in [0, 0.1) is 11.8 Å². The third-order valence-electron chi connectivity index (χ3n) is 5.62. The van der Waals surface area contributed by atoms with E-state index in [2.05, 4.69) is 0 Å². The van der Waals surface area contributed by atoms with E-state index in [0.717, 1.165) is 24.4 Å². The van der Waals surface area contributed by atoms with Crippen molar-refractivity contribution >= 4 is 35.1 Å². The van der Waals surface area contributed by atoms with Gasteiger partial charge in [0.2, 0.25) is 11.8 Å². The lowest BCUT2D eigenvalue weighted by Crippen LogP contribution is -2.52. The first-order valence-corrected chi connectivity index (χ1v) is 9.52. The van der Waals surface area contributed by atoms with Crippen molar-refractivity contribution in [2.75, 3.05) is 23.9 Å². The van der Waals surface area contributed by atoms with Gasteiger partial charge in [0.25, 0.3) is 6.29 Å². The van der Waals surface area contributed by atoms with Crippen LogP contribution in [0.5, 0.6) is 0 Å². The molecule has 4 atom stereocenters. The highest BCUT2D eigenvalue weighted by Gasteiger charge is 2.72. The minimum Gasteiger partial charge on any atom is -0.422 e. The SMILES string of the molecule is CC(=O)OC(OC(C)=O)[C@@]12C=C[C@@H](O1)[C@@H]1C(=O)N(c3ccc(N(C)C)cc3)C(=O)[C@@H]12. The van der Waals surface area contributed by atoms with Gasteiger partial charge in [0.1, 0.15) is 0 Å². The molecule has 1 aromatic rings. The predicted molar refractivity (Wildman–Crippen MR) is 104 cm³/mol. The Bertz CT molecular complexity index is 939. The topological polar surface area (TPSA) is 102 Å². The zero-order valence-electron chi connectivity index (χ0n) is 17.0. The van der Waals surface area contributed by atoms with Crippen LogP contribution in [0.2, 0.25) is 0 Å². The second-order valence-electron chi connectivity index (χ2n) is 7.77. The van der Waals surface area contributed by atoms with Gasteiger partial charge in [0, 0.05) is 33.6 Å². The van der Waals surface area contributed by atoms with E-state index in [1.54, 1.807) is 24.3 Å². The van der Waals surface area contributed by atoms with Gasteiger partial charge in [-0.1, -0.05) is 6.08 Å². The summed E-state index contributed by atoms with van der Waals surface area (Å²) in [5.41, 5.74) is -0.182. The fourth-order valence-corrected chi connectivity index (χ4v) is 4.37. The summed E-state index contributed by atoms with van der Waals surface area (Å²) in [6.07, 6.45) is 1.05. The van der Waals surface area contributed by atoms with Crippen molar-refractivity contribution in [2.45, 2.75) is 31.8 Å². The first-order chi connectivity index (χ1) is 14.2. The van der Waals surface area contributed by atoms with E-state index in [0.29, 0.717) is 5.69 Å². The van der Waals surface area contributed by atoms with Crippen molar-refractivity contribution in [1.29, 1.82) is 0 Å². The smallest absolute Gasteiger partial charge is 0.305 e. The minimum absolute atomic E-state index is 0.400. The minimum atomic E-state index is -1.54. The van der Waals surface area contributed by atoms with Gasteiger partial charge in [-0.05, 0) is 30.3 Å². The summed E-state index contributed by atoms with van der Waals surface area (Å²) in [4.78, 5) is 52.8. The monoisotopic (exact) mass is 414 g/mol. The average molecular weight is 414 g/mol. The molecule has 0 saturated carbocycles. The first-order valence-electron chi connectivity index (χ1n) is 9.52. The normalized spacial score (nSPS) is 28.8. The maximum absolute atomic E-state index is 13.4. The van der Waals surface area contributed by atoms with Crippen LogP contribution in [0.25, 0.3) is 0 Å². The number of benzene rings is 1. The van der Waals surface area contributed by atoms with Crippen LogP contribution in [0.15, 0.2) is 36.4 Å². The molecule has 9 nitrogen and oxygen atoms in total. The van der Waals surface area contributed by atoms with E-state index in [-0.39, 0.29) is 0 Å². The number of carbonyl (C=O) groups excluding carboxylic acids is 4. The second kappa shape index (κ2) is 6.94. The predicted octanol–water partition coefficient (Wildman–Crippen LogP) is 1.02. The molecular formula is C21H22N2O7. The Morgan fingerprint density at radius 1 is 1.07 bits per heavy atom. The van der Waals surface area contributed by atoms with Crippen molar-refractivity contribution in [3.8, 4) is 0 Å². The lowest BCUT2D eigenvalue weighted by atomic mass is 9.76. The molecule has 0 unspecified atom stereocenters. The van der Waals surface area contributed by atoms with Crippen LogP contribution < -0.4 is 9.80 Å².